The number of nitrogens with one attached hydrogen (secondary N) is 1. The molecule has 0 aromatic heterocycles. The number of hydrogen-bond acceptors (Lipinski definition) is 2. The Morgan fingerprint density at radius 3 is 2.80 bits per heavy atom. The summed E-state index contributed by atoms with van der Waals surface area (Å²) < 4.78 is 1.15. The predicted molar refractivity (Wildman–Crippen MR) is 89.1 cm³/mol. The molecule has 1 N–H and O–H groups in total. The third-order valence-corrected chi connectivity index (χ3v) is 5.81. The number of fused-ring (bicyclic) bond motifs is 2. The van der Waals surface area contributed by atoms with E-state index in [4.69, 9.17) is 0 Å². The lowest BCUT2D eigenvalue weighted by atomic mass is 9.88. The number of benzene rings is 1. The van der Waals surface area contributed by atoms with Crippen molar-refractivity contribution in [1.29, 1.82) is 0 Å². The molecule has 2 fully saturated rings. The summed E-state index contributed by atoms with van der Waals surface area (Å²) in [7, 11) is 2.27. The van der Waals surface area contributed by atoms with E-state index in [-0.39, 0.29) is 0 Å². The van der Waals surface area contributed by atoms with E-state index in [1.54, 1.807) is 0 Å². The zero-order valence-electron chi connectivity index (χ0n) is 12.3. The fourth-order valence-corrected chi connectivity index (χ4v) is 4.50. The summed E-state index contributed by atoms with van der Waals surface area (Å²) in [6, 6.07) is 8.34. The second-order valence-corrected chi connectivity index (χ2v) is 7.46. The second kappa shape index (κ2) is 6.48. The highest BCUT2D eigenvalue weighted by molar-refractivity contribution is 9.10. The molecule has 3 rings (SSSR count). The minimum atomic E-state index is 0.974. The highest BCUT2D eigenvalue weighted by atomic mass is 79.9. The van der Waals surface area contributed by atoms with E-state index in [1.165, 1.54) is 37.9 Å². The van der Waals surface area contributed by atoms with Crippen molar-refractivity contribution in [3.63, 3.8) is 0 Å². The fraction of sp³-hybridized carbons (Fsp3) is 0.647. The molecule has 1 aromatic carbocycles. The molecule has 2 aliphatic carbocycles. The molecule has 0 heterocycles. The number of anilines is 1. The van der Waals surface area contributed by atoms with E-state index < -0.39 is 0 Å². The number of rotatable bonds is 6. The Morgan fingerprint density at radius 2 is 2.10 bits per heavy atom. The van der Waals surface area contributed by atoms with Crippen LogP contribution in [0.4, 0.5) is 5.69 Å². The highest BCUT2D eigenvalue weighted by Gasteiger charge is 2.39. The first-order valence-corrected chi connectivity index (χ1v) is 8.68. The van der Waals surface area contributed by atoms with E-state index in [1.807, 2.05) is 0 Å². The molecule has 2 saturated carbocycles. The van der Waals surface area contributed by atoms with Crippen LogP contribution >= 0.6 is 15.9 Å². The lowest BCUT2D eigenvalue weighted by molar-refractivity contribution is 0.225. The van der Waals surface area contributed by atoms with Crippen LogP contribution < -0.4 is 5.32 Å². The van der Waals surface area contributed by atoms with Gasteiger partial charge in [-0.15, -0.1) is 0 Å². The molecule has 2 bridgehead atoms. The van der Waals surface area contributed by atoms with Gasteiger partial charge in [-0.25, -0.2) is 0 Å². The van der Waals surface area contributed by atoms with Gasteiger partial charge in [0.2, 0.25) is 0 Å². The Bertz CT molecular complexity index is 448. The number of nitrogens with zero attached hydrogens (tertiary/aromatic N) is 1. The molecule has 20 heavy (non-hydrogen) atoms. The van der Waals surface area contributed by atoms with Gasteiger partial charge >= 0.3 is 0 Å². The van der Waals surface area contributed by atoms with Crippen molar-refractivity contribution in [1.82, 2.24) is 4.90 Å². The van der Waals surface area contributed by atoms with Gasteiger partial charge in [-0.05, 0) is 72.1 Å². The summed E-state index contributed by atoms with van der Waals surface area (Å²) >= 11 is 3.58. The molecular formula is C17H25BrN2. The zero-order valence-corrected chi connectivity index (χ0v) is 13.9. The smallest absolute Gasteiger partial charge is 0.0485 e. The molecule has 110 valence electrons. The Balaban J connectivity index is 1.39. The Kier molecular flexibility index (Phi) is 4.67. The minimum absolute atomic E-state index is 0.974. The minimum Gasteiger partial charge on any atom is -0.383 e. The van der Waals surface area contributed by atoms with Crippen LogP contribution in [-0.2, 0) is 0 Å². The van der Waals surface area contributed by atoms with Gasteiger partial charge < -0.3 is 10.2 Å². The van der Waals surface area contributed by atoms with E-state index in [0.717, 1.165) is 35.3 Å². The van der Waals surface area contributed by atoms with Crippen molar-refractivity contribution in [3.05, 3.63) is 28.7 Å². The van der Waals surface area contributed by atoms with Gasteiger partial charge in [0.25, 0.3) is 0 Å². The molecule has 0 spiro atoms. The van der Waals surface area contributed by atoms with Gasteiger partial charge in [0.1, 0.15) is 0 Å². The van der Waals surface area contributed by atoms with Crippen molar-refractivity contribution < 1.29 is 0 Å². The Morgan fingerprint density at radius 1 is 1.25 bits per heavy atom. The van der Waals surface area contributed by atoms with Crippen LogP contribution in [0.15, 0.2) is 28.7 Å². The van der Waals surface area contributed by atoms with Crippen molar-refractivity contribution in [2.45, 2.75) is 25.7 Å². The van der Waals surface area contributed by atoms with E-state index in [2.05, 4.69) is 57.5 Å². The van der Waals surface area contributed by atoms with Crippen LogP contribution in [-0.4, -0.2) is 31.6 Å². The van der Waals surface area contributed by atoms with Crippen LogP contribution in [0.25, 0.3) is 0 Å². The first-order chi connectivity index (χ1) is 9.72. The number of hydrogen-bond donors (Lipinski definition) is 1. The summed E-state index contributed by atoms with van der Waals surface area (Å²) in [4.78, 5) is 2.51. The molecule has 0 amide bonds. The van der Waals surface area contributed by atoms with E-state index in [0.29, 0.717) is 0 Å². The highest BCUT2D eigenvalue weighted by Crippen LogP contribution is 2.48. The molecule has 0 saturated heterocycles. The molecule has 3 unspecified atom stereocenters. The standard InChI is InChI=1S/C17H25BrN2/c1-20(12-15-11-13-6-7-14(15)10-13)9-8-19-17-5-3-2-4-16(17)18/h2-5,13-15,19H,6-12H2,1H3. The van der Waals surface area contributed by atoms with Gasteiger partial charge in [-0.3, -0.25) is 0 Å². The van der Waals surface area contributed by atoms with Gasteiger partial charge in [0.15, 0.2) is 0 Å². The van der Waals surface area contributed by atoms with Crippen molar-refractivity contribution in [3.8, 4) is 0 Å². The molecule has 3 atom stereocenters. The van der Waals surface area contributed by atoms with E-state index in [9.17, 15) is 0 Å². The monoisotopic (exact) mass is 336 g/mol. The molecule has 0 radical (unpaired) electrons. The van der Waals surface area contributed by atoms with Crippen LogP contribution in [0.1, 0.15) is 25.7 Å². The Labute approximate surface area is 131 Å². The Hall–Kier alpha value is -0.540. The molecule has 0 aliphatic heterocycles. The summed E-state index contributed by atoms with van der Waals surface area (Å²) in [6.07, 6.45) is 6.02. The quantitative estimate of drug-likeness (QED) is 0.836. The number of likely N-dealkylation sites (N-methyl/N-ethyl adjacent to an activating group) is 1. The third kappa shape index (κ3) is 3.37. The van der Waals surface area contributed by atoms with Gasteiger partial charge in [-0.2, -0.15) is 0 Å². The topological polar surface area (TPSA) is 15.3 Å². The van der Waals surface area contributed by atoms with Crippen molar-refractivity contribution >= 4 is 21.6 Å². The lowest BCUT2D eigenvalue weighted by Gasteiger charge is -2.27. The maximum Gasteiger partial charge on any atom is 0.0485 e. The first kappa shape index (κ1) is 14.4. The van der Waals surface area contributed by atoms with Gasteiger partial charge in [0, 0.05) is 29.8 Å². The average molecular weight is 337 g/mol. The molecule has 1 aromatic rings. The van der Waals surface area contributed by atoms with Crippen LogP contribution in [0.3, 0.4) is 0 Å². The zero-order chi connectivity index (χ0) is 13.9. The average Bonchev–Trinajstić information content (AvgIpc) is 3.03. The maximum atomic E-state index is 3.58. The molecule has 2 nitrogen and oxygen atoms in total. The molecule has 3 heteroatoms. The van der Waals surface area contributed by atoms with Gasteiger partial charge in [-0.1, -0.05) is 18.6 Å². The van der Waals surface area contributed by atoms with Crippen LogP contribution in [0.5, 0.6) is 0 Å². The number of halogens is 1. The van der Waals surface area contributed by atoms with Crippen molar-refractivity contribution in [2.24, 2.45) is 17.8 Å². The SMILES string of the molecule is CN(CCNc1ccccc1Br)CC1CC2CCC1C2. The predicted octanol–water partition coefficient (Wildman–Crippen LogP) is 4.23. The summed E-state index contributed by atoms with van der Waals surface area (Å²) in [5.74, 6) is 3.08. The summed E-state index contributed by atoms with van der Waals surface area (Å²) in [5.41, 5.74) is 1.20. The van der Waals surface area contributed by atoms with Gasteiger partial charge in [0.05, 0.1) is 0 Å². The normalized spacial score (nSPS) is 28.2. The lowest BCUT2D eigenvalue weighted by Crippen LogP contribution is -2.32. The number of para-hydroxylation sites is 1. The first-order valence-electron chi connectivity index (χ1n) is 7.89. The molecule has 2 aliphatic rings. The van der Waals surface area contributed by atoms with Crippen LogP contribution in [0, 0.1) is 17.8 Å². The second-order valence-electron chi connectivity index (χ2n) is 6.60. The van der Waals surface area contributed by atoms with E-state index >= 15 is 0 Å². The maximum absolute atomic E-state index is 3.58. The largest absolute Gasteiger partial charge is 0.383 e. The fourth-order valence-electron chi connectivity index (χ4n) is 4.08. The summed E-state index contributed by atoms with van der Waals surface area (Å²) in [5, 5.41) is 3.51. The summed E-state index contributed by atoms with van der Waals surface area (Å²) in [6.45, 7) is 3.42. The van der Waals surface area contributed by atoms with Crippen molar-refractivity contribution in [2.75, 3.05) is 32.0 Å². The van der Waals surface area contributed by atoms with Crippen LogP contribution in [0.2, 0.25) is 0 Å². The third-order valence-electron chi connectivity index (χ3n) is 5.11. The molecular weight excluding hydrogens is 312 g/mol.